The van der Waals surface area contributed by atoms with Gasteiger partial charge in [-0.1, -0.05) is 68.3 Å². The van der Waals surface area contributed by atoms with Crippen molar-refractivity contribution in [3.8, 4) is 0 Å². The highest BCUT2D eigenvalue weighted by atomic mass is 16.5. The maximum absolute atomic E-state index is 13.8. The molecule has 0 radical (unpaired) electrons. The molecule has 2 saturated heterocycles. The Hall–Kier alpha value is -2.93. The Morgan fingerprint density at radius 2 is 1.91 bits per heavy atom. The van der Waals surface area contributed by atoms with Crippen LogP contribution >= 0.6 is 0 Å². The Morgan fingerprint density at radius 1 is 1.17 bits per heavy atom. The summed E-state index contributed by atoms with van der Waals surface area (Å²) >= 11 is 0. The second kappa shape index (κ2) is 8.94. The monoisotopic (exact) mass is 477 g/mol. The van der Waals surface area contributed by atoms with Crippen LogP contribution in [-0.4, -0.2) is 52.5 Å². The molecule has 0 aromatic heterocycles. The summed E-state index contributed by atoms with van der Waals surface area (Å²) in [6.45, 7) is 8.37. The lowest BCUT2D eigenvalue weighted by molar-refractivity contribution is -0.144. The number of carbonyl (C=O) groups is 3. The molecule has 5 rings (SSSR count). The highest BCUT2D eigenvalue weighted by molar-refractivity contribution is 6.00. The second-order valence-electron chi connectivity index (χ2n) is 10.7. The molecule has 7 heteroatoms. The molecule has 2 N–H and O–H groups in total. The Kier molecular flexibility index (Phi) is 6.08. The zero-order valence-electron chi connectivity index (χ0n) is 20.5. The molecular formula is C28H35N3O4. The summed E-state index contributed by atoms with van der Waals surface area (Å²) in [5.41, 5.74) is -1.14. The first-order chi connectivity index (χ1) is 16.8. The number of hydrogen-bond donors (Lipinski definition) is 2. The average Bonchev–Trinajstić information content (AvgIpc) is 3.41. The Bertz CT molecular complexity index is 1060. The van der Waals surface area contributed by atoms with E-state index in [0.29, 0.717) is 12.5 Å². The van der Waals surface area contributed by atoms with Gasteiger partial charge in [0.1, 0.15) is 11.6 Å². The summed E-state index contributed by atoms with van der Waals surface area (Å²) in [7, 11) is 0. The van der Waals surface area contributed by atoms with Crippen molar-refractivity contribution in [1.82, 2.24) is 15.5 Å². The fraction of sp³-hybridized carbons (Fsp3) is 0.536. The lowest BCUT2D eigenvalue weighted by Crippen LogP contribution is -2.54. The summed E-state index contributed by atoms with van der Waals surface area (Å²) in [6, 6.07) is 8.87. The smallest absolute Gasteiger partial charge is 0.246 e. The number of hydrogen-bond acceptors (Lipinski definition) is 4. The first-order valence-corrected chi connectivity index (χ1v) is 12.7. The van der Waals surface area contributed by atoms with E-state index in [9.17, 15) is 14.4 Å². The van der Waals surface area contributed by atoms with Gasteiger partial charge in [-0.05, 0) is 31.2 Å². The van der Waals surface area contributed by atoms with Crippen molar-refractivity contribution in [2.24, 2.45) is 17.8 Å². The number of carbonyl (C=O) groups excluding carboxylic acids is 3. The normalized spacial score (nSPS) is 37.3. The lowest BCUT2D eigenvalue weighted by atomic mass is 9.70. The maximum atomic E-state index is 13.8. The third-order valence-corrected chi connectivity index (χ3v) is 8.40. The summed E-state index contributed by atoms with van der Waals surface area (Å²) in [5.74, 6) is -1.70. The summed E-state index contributed by atoms with van der Waals surface area (Å²) in [6.07, 6.45) is 9.65. The SMILES string of the molecule is C=CCN1C(=O)[C@H]2[C@@H](C(=O)N[C@@H]3CCCC[C@H]3C)[C@]3(C)C=C[C@]2(O3)[C@H]1C(=O)NCc1ccccc1. The fourth-order valence-corrected chi connectivity index (χ4v) is 6.65. The quantitative estimate of drug-likeness (QED) is 0.591. The summed E-state index contributed by atoms with van der Waals surface area (Å²) in [5, 5.41) is 6.23. The average molecular weight is 478 g/mol. The van der Waals surface area contributed by atoms with E-state index in [1.165, 1.54) is 11.3 Å². The van der Waals surface area contributed by atoms with E-state index in [1.807, 2.05) is 49.4 Å². The van der Waals surface area contributed by atoms with Crippen LogP contribution in [0.5, 0.6) is 0 Å². The molecule has 7 atom stereocenters. The van der Waals surface area contributed by atoms with Gasteiger partial charge in [0.25, 0.3) is 0 Å². The number of likely N-dealkylation sites (tertiary alicyclic amines) is 1. The van der Waals surface area contributed by atoms with Gasteiger partial charge in [0.2, 0.25) is 17.7 Å². The van der Waals surface area contributed by atoms with Crippen LogP contribution in [0.4, 0.5) is 0 Å². The molecular weight excluding hydrogens is 442 g/mol. The van der Waals surface area contributed by atoms with Gasteiger partial charge in [0.05, 0.1) is 17.4 Å². The van der Waals surface area contributed by atoms with E-state index >= 15 is 0 Å². The maximum Gasteiger partial charge on any atom is 0.246 e. The molecule has 1 aliphatic carbocycles. The van der Waals surface area contributed by atoms with Gasteiger partial charge < -0.3 is 20.3 Å². The fourth-order valence-electron chi connectivity index (χ4n) is 6.65. The Labute approximate surface area is 207 Å². The van der Waals surface area contributed by atoms with Crippen molar-refractivity contribution in [3.05, 3.63) is 60.7 Å². The zero-order valence-corrected chi connectivity index (χ0v) is 20.5. The molecule has 186 valence electrons. The van der Waals surface area contributed by atoms with Gasteiger partial charge in [-0.3, -0.25) is 14.4 Å². The minimum absolute atomic E-state index is 0.102. The Balaban J connectivity index is 1.42. The number of ether oxygens (including phenoxy) is 1. The molecule has 3 fully saturated rings. The lowest BCUT2D eigenvalue weighted by Gasteiger charge is -2.34. The first kappa shape index (κ1) is 23.8. The van der Waals surface area contributed by atoms with Crippen LogP contribution in [0.2, 0.25) is 0 Å². The number of nitrogens with zero attached hydrogens (tertiary/aromatic N) is 1. The summed E-state index contributed by atoms with van der Waals surface area (Å²) < 4.78 is 6.52. The van der Waals surface area contributed by atoms with Crippen LogP contribution in [0.15, 0.2) is 55.1 Å². The van der Waals surface area contributed by atoms with Gasteiger partial charge in [-0.25, -0.2) is 0 Å². The predicted octanol–water partition coefficient (Wildman–Crippen LogP) is 2.72. The first-order valence-electron chi connectivity index (χ1n) is 12.7. The van der Waals surface area contributed by atoms with Crippen molar-refractivity contribution >= 4 is 17.7 Å². The number of rotatable bonds is 7. The third-order valence-electron chi connectivity index (χ3n) is 8.40. The van der Waals surface area contributed by atoms with Crippen LogP contribution in [0.25, 0.3) is 0 Å². The molecule has 35 heavy (non-hydrogen) atoms. The van der Waals surface area contributed by atoms with Gasteiger partial charge in [-0.2, -0.15) is 0 Å². The number of fused-ring (bicyclic) bond motifs is 1. The molecule has 2 bridgehead atoms. The van der Waals surface area contributed by atoms with Crippen molar-refractivity contribution in [1.29, 1.82) is 0 Å². The van der Waals surface area contributed by atoms with Crippen molar-refractivity contribution in [2.45, 2.75) is 69.4 Å². The van der Waals surface area contributed by atoms with Crippen molar-refractivity contribution < 1.29 is 19.1 Å². The van der Waals surface area contributed by atoms with Crippen LogP contribution < -0.4 is 10.6 Å². The minimum atomic E-state index is -1.17. The van der Waals surface area contributed by atoms with E-state index in [1.54, 1.807) is 6.08 Å². The van der Waals surface area contributed by atoms with E-state index in [-0.39, 0.29) is 30.3 Å². The largest absolute Gasteiger partial charge is 0.356 e. The molecule has 1 saturated carbocycles. The summed E-state index contributed by atoms with van der Waals surface area (Å²) in [4.78, 5) is 42.5. The highest BCUT2D eigenvalue weighted by Gasteiger charge is 2.76. The van der Waals surface area contributed by atoms with Crippen molar-refractivity contribution in [2.75, 3.05) is 6.54 Å². The molecule has 1 aromatic rings. The van der Waals surface area contributed by atoms with Crippen LogP contribution in [0.1, 0.15) is 45.1 Å². The van der Waals surface area contributed by atoms with Gasteiger partial charge in [0.15, 0.2) is 0 Å². The number of nitrogens with one attached hydrogen (secondary N) is 2. The van der Waals surface area contributed by atoms with E-state index in [2.05, 4.69) is 24.1 Å². The molecule has 1 aromatic carbocycles. The topological polar surface area (TPSA) is 87.7 Å². The highest BCUT2D eigenvalue weighted by Crippen LogP contribution is 2.59. The predicted molar refractivity (Wildman–Crippen MR) is 132 cm³/mol. The molecule has 3 aliphatic heterocycles. The number of benzene rings is 1. The van der Waals surface area contributed by atoms with Crippen LogP contribution in [-0.2, 0) is 25.7 Å². The molecule has 1 spiro atoms. The molecule has 3 amide bonds. The van der Waals surface area contributed by atoms with E-state index in [0.717, 1.165) is 24.8 Å². The van der Waals surface area contributed by atoms with Gasteiger partial charge in [-0.15, -0.1) is 6.58 Å². The van der Waals surface area contributed by atoms with E-state index < -0.39 is 29.1 Å². The van der Waals surface area contributed by atoms with E-state index in [4.69, 9.17) is 4.74 Å². The van der Waals surface area contributed by atoms with Crippen LogP contribution in [0.3, 0.4) is 0 Å². The van der Waals surface area contributed by atoms with Crippen molar-refractivity contribution in [3.63, 3.8) is 0 Å². The molecule has 4 aliphatic rings. The van der Waals surface area contributed by atoms with Crippen LogP contribution in [0, 0.1) is 17.8 Å². The third kappa shape index (κ3) is 3.80. The van der Waals surface area contributed by atoms with Gasteiger partial charge >= 0.3 is 0 Å². The number of amides is 3. The zero-order chi connectivity index (χ0) is 24.8. The molecule has 7 nitrogen and oxygen atoms in total. The minimum Gasteiger partial charge on any atom is -0.356 e. The standard InChI is InChI=1S/C28H35N3O4/c1-4-16-31-23(25(33)29-17-19-11-6-5-7-12-19)28-15-14-27(3,35-28)21(22(28)26(31)34)24(32)30-20-13-9-8-10-18(20)2/h4-7,11-12,14-15,18,20-23H,1,8-10,13,16-17H2,2-3H3,(H,29,33)(H,30,32)/t18-,20-,21+,22-,23-,27+,28-/m1/s1. The second-order valence-corrected chi connectivity index (χ2v) is 10.7. The van der Waals surface area contributed by atoms with Gasteiger partial charge in [0, 0.05) is 19.1 Å². The molecule has 0 unspecified atom stereocenters. The molecule has 3 heterocycles. The Morgan fingerprint density at radius 3 is 2.63 bits per heavy atom.